The first-order chi connectivity index (χ1) is 7.66. The van der Waals surface area contributed by atoms with Crippen molar-refractivity contribution in [2.24, 2.45) is 0 Å². The third-order valence-corrected chi connectivity index (χ3v) is 2.39. The molecular formula is C12H18N2O2. The Labute approximate surface area is 95.7 Å². The van der Waals surface area contributed by atoms with Crippen molar-refractivity contribution in [2.75, 3.05) is 19.6 Å². The molecule has 3 N–H and O–H groups in total. The maximum Gasteiger partial charge on any atom is 0.251 e. The number of likely N-dealkylation sites (N-methyl/N-ethyl adjacent to an activating group) is 1. The van der Waals surface area contributed by atoms with Gasteiger partial charge in [-0.05, 0) is 25.6 Å². The third kappa shape index (κ3) is 3.24. The zero-order valence-corrected chi connectivity index (χ0v) is 9.71. The summed E-state index contributed by atoms with van der Waals surface area (Å²) in [6.07, 6.45) is 0. The molecule has 0 atom stereocenters. The van der Waals surface area contributed by atoms with E-state index in [1.807, 2.05) is 6.92 Å². The minimum absolute atomic E-state index is 0.147. The van der Waals surface area contributed by atoms with Crippen molar-refractivity contribution in [3.05, 3.63) is 29.3 Å². The Morgan fingerprint density at radius 2 is 2.12 bits per heavy atom. The van der Waals surface area contributed by atoms with Crippen molar-refractivity contribution in [3.63, 3.8) is 0 Å². The van der Waals surface area contributed by atoms with Crippen LogP contribution in [0.5, 0.6) is 5.75 Å². The first-order valence-electron chi connectivity index (χ1n) is 5.44. The molecule has 1 aromatic rings. The van der Waals surface area contributed by atoms with E-state index in [2.05, 4.69) is 10.6 Å². The smallest absolute Gasteiger partial charge is 0.251 e. The number of amides is 1. The van der Waals surface area contributed by atoms with E-state index < -0.39 is 0 Å². The van der Waals surface area contributed by atoms with Gasteiger partial charge in [0.2, 0.25) is 0 Å². The molecule has 4 nitrogen and oxygen atoms in total. The van der Waals surface area contributed by atoms with Crippen molar-refractivity contribution in [3.8, 4) is 5.75 Å². The van der Waals surface area contributed by atoms with E-state index >= 15 is 0 Å². The van der Waals surface area contributed by atoms with Gasteiger partial charge >= 0.3 is 0 Å². The summed E-state index contributed by atoms with van der Waals surface area (Å²) < 4.78 is 0. The molecule has 0 aliphatic heterocycles. The van der Waals surface area contributed by atoms with Gasteiger partial charge in [-0.3, -0.25) is 4.79 Å². The number of nitrogens with one attached hydrogen (secondary N) is 2. The lowest BCUT2D eigenvalue weighted by molar-refractivity contribution is 0.0953. The summed E-state index contributed by atoms with van der Waals surface area (Å²) in [4.78, 5) is 11.7. The zero-order chi connectivity index (χ0) is 12.0. The predicted octanol–water partition coefficient (Wildman–Crippen LogP) is 1.04. The average Bonchev–Trinajstić information content (AvgIpc) is 2.28. The summed E-state index contributed by atoms with van der Waals surface area (Å²) in [6, 6.07) is 4.95. The van der Waals surface area contributed by atoms with Crippen LogP contribution in [0.3, 0.4) is 0 Å². The quantitative estimate of drug-likeness (QED) is 0.652. The number of carbonyl (C=O) groups is 1. The molecule has 0 saturated carbocycles. The van der Waals surface area contributed by atoms with Gasteiger partial charge in [-0.1, -0.05) is 13.0 Å². The molecule has 1 rings (SSSR count). The Hall–Kier alpha value is -1.55. The van der Waals surface area contributed by atoms with Gasteiger partial charge in [0.05, 0.1) is 0 Å². The van der Waals surface area contributed by atoms with Crippen molar-refractivity contribution in [1.82, 2.24) is 10.6 Å². The lowest BCUT2D eigenvalue weighted by Gasteiger charge is -2.08. The molecule has 0 radical (unpaired) electrons. The van der Waals surface area contributed by atoms with Gasteiger partial charge in [-0.25, -0.2) is 0 Å². The summed E-state index contributed by atoms with van der Waals surface area (Å²) in [5.74, 6) is 0.00522. The minimum Gasteiger partial charge on any atom is -0.508 e. The summed E-state index contributed by atoms with van der Waals surface area (Å²) in [7, 11) is 0. The van der Waals surface area contributed by atoms with Crippen LogP contribution in [0.1, 0.15) is 22.8 Å². The highest BCUT2D eigenvalue weighted by atomic mass is 16.3. The fraction of sp³-hybridized carbons (Fsp3) is 0.417. The highest BCUT2D eigenvalue weighted by Crippen LogP contribution is 2.19. The van der Waals surface area contributed by atoms with E-state index in [-0.39, 0.29) is 11.7 Å². The van der Waals surface area contributed by atoms with Crippen LogP contribution in [-0.2, 0) is 0 Å². The maximum absolute atomic E-state index is 11.7. The lowest BCUT2D eigenvalue weighted by Crippen LogP contribution is -2.32. The summed E-state index contributed by atoms with van der Waals surface area (Å²) >= 11 is 0. The van der Waals surface area contributed by atoms with Crippen LogP contribution in [0.25, 0.3) is 0 Å². The Bertz CT molecular complexity index is 364. The van der Waals surface area contributed by atoms with Crippen LogP contribution >= 0.6 is 0 Å². The third-order valence-electron chi connectivity index (χ3n) is 2.39. The van der Waals surface area contributed by atoms with E-state index in [1.165, 1.54) is 0 Å². The second-order valence-electron chi connectivity index (χ2n) is 3.56. The highest BCUT2D eigenvalue weighted by molar-refractivity contribution is 5.96. The van der Waals surface area contributed by atoms with Gasteiger partial charge in [-0.15, -0.1) is 0 Å². The Balaban J connectivity index is 2.56. The first kappa shape index (κ1) is 12.5. The van der Waals surface area contributed by atoms with Gasteiger partial charge in [0.15, 0.2) is 0 Å². The van der Waals surface area contributed by atoms with Gasteiger partial charge in [0.1, 0.15) is 5.75 Å². The number of rotatable bonds is 5. The van der Waals surface area contributed by atoms with E-state index in [0.29, 0.717) is 17.7 Å². The van der Waals surface area contributed by atoms with Crippen LogP contribution in [0.4, 0.5) is 0 Å². The Morgan fingerprint density at radius 3 is 2.81 bits per heavy atom. The van der Waals surface area contributed by atoms with Gasteiger partial charge in [-0.2, -0.15) is 0 Å². The molecule has 0 saturated heterocycles. The molecule has 1 aromatic carbocycles. The lowest BCUT2D eigenvalue weighted by atomic mass is 10.1. The first-order valence-corrected chi connectivity index (χ1v) is 5.44. The molecule has 0 aliphatic carbocycles. The van der Waals surface area contributed by atoms with E-state index in [0.717, 1.165) is 13.1 Å². The van der Waals surface area contributed by atoms with Gasteiger partial charge in [0, 0.05) is 24.2 Å². The number of aromatic hydroxyl groups is 1. The van der Waals surface area contributed by atoms with Crippen molar-refractivity contribution >= 4 is 5.91 Å². The molecule has 0 aromatic heterocycles. The zero-order valence-electron chi connectivity index (χ0n) is 9.71. The van der Waals surface area contributed by atoms with Crippen LogP contribution in [-0.4, -0.2) is 30.6 Å². The molecule has 16 heavy (non-hydrogen) atoms. The molecule has 88 valence electrons. The van der Waals surface area contributed by atoms with Gasteiger partial charge in [0.25, 0.3) is 5.91 Å². The molecule has 0 aliphatic rings. The topological polar surface area (TPSA) is 61.4 Å². The number of hydrogen-bond acceptors (Lipinski definition) is 3. The number of hydrogen-bond donors (Lipinski definition) is 3. The van der Waals surface area contributed by atoms with Crippen LogP contribution in [0.2, 0.25) is 0 Å². The van der Waals surface area contributed by atoms with Crippen LogP contribution < -0.4 is 10.6 Å². The van der Waals surface area contributed by atoms with E-state index in [4.69, 9.17) is 0 Å². The SMILES string of the molecule is CCNCCNC(=O)c1cccc(O)c1C. The van der Waals surface area contributed by atoms with Crippen LogP contribution in [0, 0.1) is 6.92 Å². The van der Waals surface area contributed by atoms with E-state index in [1.54, 1.807) is 25.1 Å². The fourth-order valence-electron chi connectivity index (χ4n) is 1.41. The summed E-state index contributed by atoms with van der Waals surface area (Å²) in [5, 5.41) is 15.4. The molecule has 1 amide bonds. The fourth-order valence-corrected chi connectivity index (χ4v) is 1.41. The number of phenolic OH excluding ortho intramolecular Hbond substituents is 1. The normalized spacial score (nSPS) is 10.1. The van der Waals surface area contributed by atoms with Gasteiger partial charge < -0.3 is 15.7 Å². The molecule has 4 heteroatoms. The van der Waals surface area contributed by atoms with Crippen molar-refractivity contribution in [1.29, 1.82) is 0 Å². The number of phenols is 1. The average molecular weight is 222 g/mol. The minimum atomic E-state index is -0.147. The molecule has 0 heterocycles. The van der Waals surface area contributed by atoms with Crippen LogP contribution in [0.15, 0.2) is 18.2 Å². The second-order valence-corrected chi connectivity index (χ2v) is 3.56. The standard InChI is InChI=1S/C12H18N2O2/c1-3-13-7-8-14-12(16)10-5-4-6-11(15)9(10)2/h4-6,13,15H,3,7-8H2,1-2H3,(H,14,16). The molecular weight excluding hydrogens is 204 g/mol. The second kappa shape index (κ2) is 6.12. The van der Waals surface area contributed by atoms with Crippen molar-refractivity contribution < 1.29 is 9.90 Å². The Morgan fingerprint density at radius 1 is 1.38 bits per heavy atom. The Kier molecular flexibility index (Phi) is 4.79. The maximum atomic E-state index is 11.7. The molecule has 0 unspecified atom stereocenters. The molecule has 0 bridgehead atoms. The largest absolute Gasteiger partial charge is 0.508 e. The monoisotopic (exact) mass is 222 g/mol. The number of benzene rings is 1. The van der Waals surface area contributed by atoms with E-state index in [9.17, 15) is 9.90 Å². The number of carbonyl (C=O) groups excluding carboxylic acids is 1. The molecule has 0 fully saturated rings. The van der Waals surface area contributed by atoms with Crippen molar-refractivity contribution in [2.45, 2.75) is 13.8 Å². The summed E-state index contributed by atoms with van der Waals surface area (Å²) in [5.41, 5.74) is 1.14. The summed E-state index contributed by atoms with van der Waals surface area (Å²) in [6.45, 7) is 5.97. The molecule has 0 spiro atoms. The highest BCUT2D eigenvalue weighted by Gasteiger charge is 2.09. The predicted molar refractivity (Wildman–Crippen MR) is 63.7 cm³/mol.